The van der Waals surface area contributed by atoms with Crippen molar-refractivity contribution in [2.75, 3.05) is 37.8 Å². The van der Waals surface area contributed by atoms with Crippen LogP contribution < -0.4 is 10.5 Å². The smallest absolute Gasteiger partial charge is 0.292 e. The van der Waals surface area contributed by atoms with E-state index in [1.54, 1.807) is 6.20 Å². The summed E-state index contributed by atoms with van der Waals surface area (Å²) < 4.78 is 12.7. The van der Waals surface area contributed by atoms with Gasteiger partial charge < -0.3 is 14.4 Å². The highest BCUT2D eigenvalue weighted by Gasteiger charge is 2.41. The summed E-state index contributed by atoms with van der Waals surface area (Å²) in [5, 5.41) is 4.49. The lowest BCUT2D eigenvalue weighted by molar-refractivity contribution is -0.0579. The molecule has 1 aromatic heterocycles. The number of hydrogen-bond donors (Lipinski definition) is 0. The maximum atomic E-state index is 12.6. The van der Waals surface area contributed by atoms with E-state index in [0.29, 0.717) is 44.3 Å². The Bertz CT molecular complexity index is 787. The minimum absolute atomic E-state index is 0.185. The molecule has 2 fully saturated rings. The summed E-state index contributed by atoms with van der Waals surface area (Å²) in [6.07, 6.45) is 2.52. The molecule has 0 aliphatic carbocycles. The highest BCUT2D eigenvalue weighted by Crippen LogP contribution is 2.31. The molecule has 2 aliphatic heterocycles. The molecule has 1 spiro atoms. The van der Waals surface area contributed by atoms with E-state index in [1.165, 1.54) is 4.68 Å². The van der Waals surface area contributed by atoms with Gasteiger partial charge in [0.25, 0.3) is 5.56 Å². The van der Waals surface area contributed by atoms with Crippen LogP contribution >= 0.6 is 11.6 Å². The molecular formula is C17H18ClN3O3. The van der Waals surface area contributed by atoms with E-state index < -0.39 is 0 Å². The number of halogens is 1. The lowest BCUT2D eigenvalue weighted by Crippen LogP contribution is -2.52. The van der Waals surface area contributed by atoms with Crippen LogP contribution in [0.5, 0.6) is 0 Å². The first-order valence-corrected chi connectivity index (χ1v) is 8.36. The zero-order valence-electron chi connectivity index (χ0n) is 13.2. The molecule has 2 aromatic rings. The lowest BCUT2D eigenvalue weighted by Gasteiger charge is -2.40. The second-order valence-electron chi connectivity index (χ2n) is 6.15. The first-order chi connectivity index (χ1) is 11.7. The number of ether oxygens (including phenoxy) is 2. The molecule has 2 saturated heterocycles. The molecule has 6 nitrogen and oxygen atoms in total. The molecule has 2 aliphatic rings. The summed E-state index contributed by atoms with van der Waals surface area (Å²) >= 11 is 6.39. The molecule has 0 amide bonds. The van der Waals surface area contributed by atoms with Gasteiger partial charge in [0, 0.05) is 26.1 Å². The highest BCUT2D eigenvalue weighted by atomic mass is 35.5. The van der Waals surface area contributed by atoms with E-state index in [4.69, 9.17) is 21.1 Å². The van der Waals surface area contributed by atoms with Gasteiger partial charge in [0.05, 0.1) is 30.8 Å². The van der Waals surface area contributed by atoms with E-state index in [-0.39, 0.29) is 16.2 Å². The maximum absolute atomic E-state index is 12.6. The van der Waals surface area contributed by atoms with Crippen molar-refractivity contribution in [3.05, 3.63) is 51.9 Å². The number of anilines is 1. The second-order valence-corrected chi connectivity index (χ2v) is 6.53. The van der Waals surface area contributed by atoms with Crippen molar-refractivity contribution in [3.63, 3.8) is 0 Å². The first-order valence-electron chi connectivity index (χ1n) is 7.98. The molecule has 1 aromatic carbocycles. The molecule has 0 bridgehead atoms. The Morgan fingerprint density at radius 3 is 2.79 bits per heavy atom. The fourth-order valence-electron chi connectivity index (χ4n) is 3.28. The number of hydrogen-bond acceptors (Lipinski definition) is 5. The van der Waals surface area contributed by atoms with Gasteiger partial charge in [-0.25, -0.2) is 0 Å². The standard InChI is InChI=1S/C17H18ClN3O3/c18-15-14(20-7-9-24-17(11-20)6-8-23-12-17)10-19-21(16(15)22)13-4-2-1-3-5-13/h1-5,10H,6-9,11-12H2. The Labute approximate surface area is 144 Å². The second kappa shape index (κ2) is 6.20. The van der Waals surface area contributed by atoms with Crippen LogP contribution in [0.15, 0.2) is 41.3 Å². The lowest BCUT2D eigenvalue weighted by atomic mass is 10.0. The molecule has 0 N–H and O–H groups in total. The fourth-order valence-corrected chi connectivity index (χ4v) is 3.52. The number of aromatic nitrogens is 2. The van der Waals surface area contributed by atoms with Crippen LogP contribution in [0.4, 0.5) is 5.69 Å². The largest absolute Gasteiger partial charge is 0.378 e. The van der Waals surface area contributed by atoms with Gasteiger partial charge in [-0.2, -0.15) is 9.78 Å². The van der Waals surface area contributed by atoms with Gasteiger partial charge in [-0.3, -0.25) is 4.79 Å². The van der Waals surface area contributed by atoms with Crippen LogP contribution in [-0.4, -0.2) is 48.3 Å². The normalized spacial score (nSPS) is 23.8. The van der Waals surface area contributed by atoms with Crippen molar-refractivity contribution < 1.29 is 9.47 Å². The predicted octanol–water partition coefficient (Wildman–Crippen LogP) is 1.88. The van der Waals surface area contributed by atoms with Crippen LogP contribution in [0.2, 0.25) is 5.02 Å². The third-order valence-corrected chi connectivity index (χ3v) is 4.91. The number of nitrogens with zero attached hydrogens (tertiary/aromatic N) is 3. The Kier molecular flexibility index (Phi) is 4.04. The summed E-state index contributed by atoms with van der Waals surface area (Å²) in [5.41, 5.74) is 0.737. The van der Waals surface area contributed by atoms with Crippen LogP contribution in [0.1, 0.15) is 6.42 Å². The summed E-state index contributed by atoms with van der Waals surface area (Å²) in [6.45, 7) is 3.20. The first kappa shape index (κ1) is 15.6. The number of morpholine rings is 1. The van der Waals surface area contributed by atoms with E-state index in [9.17, 15) is 4.79 Å². The monoisotopic (exact) mass is 347 g/mol. The van der Waals surface area contributed by atoms with Crippen molar-refractivity contribution in [3.8, 4) is 5.69 Å². The van der Waals surface area contributed by atoms with Crippen LogP contribution in [-0.2, 0) is 9.47 Å². The molecular weight excluding hydrogens is 330 g/mol. The molecule has 3 heterocycles. The number of rotatable bonds is 2. The number of benzene rings is 1. The minimum atomic E-state index is -0.316. The Morgan fingerprint density at radius 2 is 2.04 bits per heavy atom. The van der Waals surface area contributed by atoms with Gasteiger partial charge in [-0.1, -0.05) is 29.8 Å². The topological polar surface area (TPSA) is 56.6 Å². The number of para-hydroxylation sites is 1. The van der Waals surface area contributed by atoms with E-state index >= 15 is 0 Å². The summed E-state index contributed by atoms with van der Waals surface area (Å²) in [6, 6.07) is 9.25. The van der Waals surface area contributed by atoms with Gasteiger partial charge in [0.2, 0.25) is 0 Å². The van der Waals surface area contributed by atoms with E-state index in [1.807, 2.05) is 30.3 Å². The zero-order valence-corrected chi connectivity index (χ0v) is 13.9. The maximum Gasteiger partial charge on any atom is 0.292 e. The summed E-state index contributed by atoms with van der Waals surface area (Å²) in [4.78, 5) is 14.7. The zero-order chi connectivity index (χ0) is 16.6. The van der Waals surface area contributed by atoms with Crippen molar-refractivity contribution >= 4 is 17.3 Å². The Morgan fingerprint density at radius 1 is 1.21 bits per heavy atom. The molecule has 0 radical (unpaired) electrons. The minimum Gasteiger partial charge on any atom is -0.378 e. The third kappa shape index (κ3) is 2.70. The quantitative estimate of drug-likeness (QED) is 0.830. The summed E-state index contributed by atoms with van der Waals surface area (Å²) in [5.74, 6) is 0. The summed E-state index contributed by atoms with van der Waals surface area (Å²) in [7, 11) is 0. The van der Waals surface area contributed by atoms with Crippen molar-refractivity contribution in [2.24, 2.45) is 0 Å². The molecule has 4 rings (SSSR count). The van der Waals surface area contributed by atoms with Crippen LogP contribution in [0.25, 0.3) is 5.69 Å². The van der Waals surface area contributed by atoms with Crippen molar-refractivity contribution in [1.29, 1.82) is 0 Å². The van der Waals surface area contributed by atoms with Crippen molar-refractivity contribution in [2.45, 2.75) is 12.0 Å². The average Bonchev–Trinajstić information content (AvgIpc) is 3.05. The molecule has 7 heteroatoms. The highest BCUT2D eigenvalue weighted by molar-refractivity contribution is 6.33. The predicted molar refractivity (Wildman–Crippen MR) is 91.2 cm³/mol. The third-order valence-electron chi connectivity index (χ3n) is 4.56. The molecule has 1 unspecified atom stereocenters. The van der Waals surface area contributed by atoms with Crippen LogP contribution in [0.3, 0.4) is 0 Å². The molecule has 0 saturated carbocycles. The van der Waals surface area contributed by atoms with Crippen LogP contribution in [0, 0.1) is 0 Å². The molecule has 24 heavy (non-hydrogen) atoms. The van der Waals surface area contributed by atoms with Gasteiger partial charge in [0.1, 0.15) is 10.6 Å². The van der Waals surface area contributed by atoms with Gasteiger partial charge >= 0.3 is 0 Å². The van der Waals surface area contributed by atoms with Gasteiger partial charge in [-0.15, -0.1) is 0 Å². The fraction of sp³-hybridized carbons (Fsp3) is 0.412. The SMILES string of the molecule is O=c1c(Cl)c(N2CCOC3(CCOC3)C2)cnn1-c1ccccc1. The average molecular weight is 348 g/mol. The Hall–Kier alpha value is -1.89. The van der Waals surface area contributed by atoms with E-state index in [2.05, 4.69) is 10.00 Å². The van der Waals surface area contributed by atoms with Crippen molar-refractivity contribution in [1.82, 2.24) is 9.78 Å². The van der Waals surface area contributed by atoms with Gasteiger partial charge in [0.15, 0.2) is 0 Å². The molecule has 126 valence electrons. The Balaban J connectivity index is 1.67. The molecule has 1 atom stereocenters. The van der Waals surface area contributed by atoms with E-state index in [0.717, 1.165) is 6.42 Å². The van der Waals surface area contributed by atoms with Gasteiger partial charge in [-0.05, 0) is 12.1 Å².